The number of hydrogen-bond donors (Lipinski definition) is 2. The lowest BCUT2D eigenvalue weighted by molar-refractivity contribution is 0.282. The van der Waals surface area contributed by atoms with E-state index in [0.717, 1.165) is 6.42 Å². The van der Waals surface area contributed by atoms with Crippen molar-refractivity contribution in [1.82, 2.24) is 0 Å². The van der Waals surface area contributed by atoms with E-state index in [4.69, 9.17) is 5.11 Å². The summed E-state index contributed by atoms with van der Waals surface area (Å²) in [6, 6.07) is 0. The summed E-state index contributed by atoms with van der Waals surface area (Å²) in [5.74, 6) is 0. The average Bonchev–Trinajstić information content (AvgIpc) is 2.02. The van der Waals surface area contributed by atoms with Crippen molar-refractivity contribution < 1.29 is 5.11 Å². The summed E-state index contributed by atoms with van der Waals surface area (Å²) in [7, 11) is 1.50. The molecule has 0 aliphatic carbocycles. The zero-order chi connectivity index (χ0) is 8.24. The second-order valence-corrected chi connectivity index (χ2v) is 2.14. The molecule has 0 unspecified atom stereocenters. The van der Waals surface area contributed by atoms with Gasteiger partial charge in [0.05, 0.1) is 0 Å². The Morgan fingerprint density at radius 2 is 1.50 bits per heavy atom. The molecule has 0 saturated heterocycles. The fourth-order valence-electron chi connectivity index (χ4n) is 0.715. The van der Waals surface area contributed by atoms with Crippen LogP contribution in [0.15, 0.2) is 0 Å². The van der Waals surface area contributed by atoms with Crippen molar-refractivity contribution in [3.63, 3.8) is 0 Å². The third-order valence-corrected chi connectivity index (χ3v) is 1.26. The Hall–Kier alpha value is -0.0800. The number of aliphatic hydroxyl groups is 1. The molecule has 0 rings (SSSR count). The number of rotatable bonds is 5. The molecule has 0 aromatic rings. The van der Waals surface area contributed by atoms with Gasteiger partial charge >= 0.3 is 0 Å². The maximum atomic E-state index is 8.37. The van der Waals surface area contributed by atoms with Crippen LogP contribution in [0.25, 0.3) is 0 Å². The van der Waals surface area contributed by atoms with Crippen LogP contribution in [0.3, 0.4) is 0 Å². The summed E-state index contributed by atoms with van der Waals surface area (Å²) >= 11 is 0. The lowest BCUT2D eigenvalue weighted by Crippen LogP contribution is -1.81. The minimum absolute atomic E-state index is 0.365. The van der Waals surface area contributed by atoms with Gasteiger partial charge in [-0.15, -0.1) is 0 Å². The predicted molar refractivity (Wildman–Crippen MR) is 46.0 cm³/mol. The number of hydrogen-bond acceptors (Lipinski definition) is 2. The molecule has 0 aromatic carbocycles. The fraction of sp³-hybridized carbons (Fsp3) is 1.00. The first-order chi connectivity index (χ1) is 4.91. The lowest BCUT2D eigenvalue weighted by atomic mass is 10.2. The summed E-state index contributed by atoms with van der Waals surface area (Å²) in [5.41, 5.74) is 4.50. The van der Waals surface area contributed by atoms with Crippen molar-refractivity contribution in [3.8, 4) is 0 Å². The predicted octanol–water partition coefficient (Wildman–Crippen LogP) is 1.52. The molecule has 3 N–H and O–H groups in total. The van der Waals surface area contributed by atoms with Crippen LogP contribution < -0.4 is 5.73 Å². The van der Waals surface area contributed by atoms with Crippen molar-refractivity contribution >= 4 is 0 Å². The summed E-state index contributed by atoms with van der Waals surface area (Å²) in [4.78, 5) is 0. The maximum absolute atomic E-state index is 8.37. The smallest absolute Gasteiger partial charge is 0.0431 e. The van der Waals surface area contributed by atoms with Crippen molar-refractivity contribution in [2.24, 2.45) is 5.73 Å². The molecule has 0 amide bonds. The molecule has 10 heavy (non-hydrogen) atoms. The largest absolute Gasteiger partial charge is 0.396 e. The molecular weight excluding hydrogens is 126 g/mol. The van der Waals surface area contributed by atoms with Crippen molar-refractivity contribution in [3.05, 3.63) is 0 Å². The molecule has 2 heteroatoms. The molecule has 0 aliphatic heterocycles. The van der Waals surface area contributed by atoms with E-state index < -0.39 is 0 Å². The SMILES string of the molecule is CCCCCCCO.CN. The van der Waals surface area contributed by atoms with Gasteiger partial charge in [-0.1, -0.05) is 32.6 Å². The molecule has 2 nitrogen and oxygen atoms in total. The minimum atomic E-state index is 0.365. The highest BCUT2D eigenvalue weighted by molar-refractivity contribution is 4.39. The van der Waals surface area contributed by atoms with Gasteiger partial charge in [-0.3, -0.25) is 0 Å². The summed E-state index contributed by atoms with van der Waals surface area (Å²) in [5, 5.41) is 8.37. The van der Waals surface area contributed by atoms with E-state index >= 15 is 0 Å². The van der Waals surface area contributed by atoms with E-state index in [0.29, 0.717) is 6.61 Å². The lowest BCUT2D eigenvalue weighted by Gasteiger charge is -1.93. The Labute approximate surface area is 64.4 Å². The third-order valence-electron chi connectivity index (χ3n) is 1.26. The van der Waals surface area contributed by atoms with Gasteiger partial charge in [0.1, 0.15) is 0 Å². The first-order valence-electron chi connectivity index (χ1n) is 4.10. The van der Waals surface area contributed by atoms with Crippen LogP contribution in [0.4, 0.5) is 0 Å². The Bertz CT molecular complexity index is 34.2. The topological polar surface area (TPSA) is 46.2 Å². The zero-order valence-corrected chi connectivity index (χ0v) is 7.27. The summed E-state index contributed by atoms with van der Waals surface area (Å²) < 4.78 is 0. The highest BCUT2D eigenvalue weighted by Crippen LogP contribution is 2.00. The highest BCUT2D eigenvalue weighted by Gasteiger charge is 1.84. The van der Waals surface area contributed by atoms with E-state index in [2.05, 4.69) is 12.7 Å². The quantitative estimate of drug-likeness (QED) is 0.579. The van der Waals surface area contributed by atoms with E-state index in [-0.39, 0.29) is 0 Å². The van der Waals surface area contributed by atoms with Crippen LogP contribution in [0.2, 0.25) is 0 Å². The first kappa shape index (κ1) is 12.6. The highest BCUT2D eigenvalue weighted by atomic mass is 16.2. The van der Waals surface area contributed by atoms with Gasteiger partial charge in [0.15, 0.2) is 0 Å². The van der Waals surface area contributed by atoms with Gasteiger partial charge in [0.2, 0.25) is 0 Å². The Morgan fingerprint density at radius 1 is 1.00 bits per heavy atom. The molecule has 0 radical (unpaired) electrons. The van der Waals surface area contributed by atoms with Crippen LogP contribution in [0.5, 0.6) is 0 Å². The molecule has 0 heterocycles. The number of aliphatic hydroxyl groups excluding tert-OH is 1. The number of nitrogens with two attached hydrogens (primary N) is 1. The molecule has 0 saturated carbocycles. The Morgan fingerprint density at radius 3 is 1.90 bits per heavy atom. The molecule has 0 fully saturated rings. The minimum Gasteiger partial charge on any atom is -0.396 e. The second-order valence-electron chi connectivity index (χ2n) is 2.14. The standard InChI is InChI=1S/C7H16O.CH5N/c1-2-3-4-5-6-7-8;1-2/h8H,2-7H2,1H3;2H2,1H3. The fourth-order valence-corrected chi connectivity index (χ4v) is 0.715. The van der Waals surface area contributed by atoms with E-state index in [1.165, 1.54) is 32.7 Å². The molecule has 0 aromatic heterocycles. The van der Waals surface area contributed by atoms with Crippen molar-refractivity contribution in [2.45, 2.75) is 39.0 Å². The molecule has 64 valence electrons. The van der Waals surface area contributed by atoms with E-state index in [1.807, 2.05) is 0 Å². The normalized spacial score (nSPS) is 8.40. The van der Waals surface area contributed by atoms with Crippen LogP contribution in [-0.4, -0.2) is 18.8 Å². The maximum Gasteiger partial charge on any atom is 0.0431 e. The van der Waals surface area contributed by atoms with Crippen LogP contribution >= 0.6 is 0 Å². The van der Waals surface area contributed by atoms with E-state index in [9.17, 15) is 0 Å². The molecule has 0 atom stereocenters. The van der Waals surface area contributed by atoms with Crippen LogP contribution in [0.1, 0.15) is 39.0 Å². The van der Waals surface area contributed by atoms with Gasteiger partial charge in [0.25, 0.3) is 0 Å². The van der Waals surface area contributed by atoms with Crippen LogP contribution in [0, 0.1) is 0 Å². The third kappa shape index (κ3) is 15.7. The zero-order valence-electron chi connectivity index (χ0n) is 7.27. The number of unbranched alkanes of at least 4 members (excludes halogenated alkanes) is 4. The van der Waals surface area contributed by atoms with E-state index in [1.54, 1.807) is 0 Å². The molecule has 0 aliphatic rings. The van der Waals surface area contributed by atoms with Crippen molar-refractivity contribution in [1.29, 1.82) is 0 Å². The Kier molecular flexibility index (Phi) is 20.1. The van der Waals surface area contributed by atoms with Gasteiger partial charge in [-0.05, 0) is 13.5 Å². The Balaban J connectivity index is 0. The van der Waals surface area contributed by atoms with Gasteiger partial charge in [-0.2, -0.15) is 0 Å². The van der Waals surface area contributed by atoms with Gasteiger partial charge in [-0.25, -0.2) is 0 Å². The van der Waals surface area contributed by atoms with Gasteiger partial charge < -0.3 is 10.8 Å². The summed E-state index contributed by atoms with van der Waals surface area (Å²) in [6.45, 7) is 2.56. The second kappa shape index (κ2) is 16.0. The molecular formula is C8H21NO. The van der Waals surface area contributed by atoms with Gasteiger partial charge in [0, 0.05) is 6.61 Å². The molecule has 0 bridgehead atoms. The van der Waals surface area contributed by atoms with Crippen molar-refractivity contribution in [2.75, 3.05) is 13.7 Å². The first-order valence-corrected chi connectivity index (χ1v) is 4.10. The average molecular weight is 147 g/mol. The van der Waals surface area contributed by atoms with Crippen LogP contribution in [-0.2, 0) is 0 Å². The summed E-state index contributed by atoms with van der Waals surface area (Å²) in [6.07, 6.45) is 6.08. The monoisotopic (exact) mass is 147 g/mol. The molecule has 0 spiro atoms.